The third-order valence-electron chi connectivity index (χ3n) is 5.96. The number of hydrogen-bond donors (Lipinski definition) is 2. The lowest BCUT2D eigenvalue weighted by molar-refractivity contribution is 0.467. The summed E-state index contributed by atoms with van der Waals surface area (Å²) < 4.78 is 17.2. The SMILES string of the molecule is CC1CCc2c(N3CC[C@H]([C@@H](C)N)C3)c(F)cc3c(=O)n(N)c(=O)n1c23. The molecule has 1 unspecified atom stereocenters. The van der Waals surface area contributed by atoms with Crippen molar-refractivity contribution in [3.05, 3.63) is 38.3 Å². The van der Waals surface area contributed by atoms with Gasteiger partial charge in [0.15, 0.2) is 0 Å². The summed E-state index contributed by atoms with van der Waals surface area (Å²) in [5.41, 5.74) is 6.59. The molecule has 140 valence electrons. The maximum Gasteiger partial charge on any atom is 0.350 e. The number of nitrogens with two attached hydrogens (primary N) is 2. The number of hydrogen-bond acceptors (Lipinski definition) is 5. The highest BCUT2D eigenvalue weighted by molar-refractivity contribution is 5.88. The monoisotopic (exact) mass is 361 g/mol. The summed E-state index contributed by atoms with van der Waals surface area (Å²) in [4.78, 5) is 27.0. The highest BCUT2D eigenvalue weighted by Crippen LogP contribution is 2.38. The van der Waals surface area contributed by atoms with Gasteiger partial charge in [-0.15, -0.1) is 0 Å². The minimum absolute atomic E-state index is 0.0440. The molecule has 1 aromatic carbocycles. The minimum atomic E-state index is -0.656. The number of aryl methyl sites for hydroxylation is 1. The van der Waals surface area contributed by atoms with Gasteiger partial charge >= 0.3 is 5.69 Å². The maximum absolute atomic E-state index is 15.1. The van der Waals surface area contributed by atoms with Gasteiger partial charge in [-0.3, -0.25) is 9.36 Å². The van der Waals surface area contributed by atoms with Gasteiger partial charge in [-0.05, 0) is 45.1 Å². The summed E-state index contributed by atoms with van der Waals surface area (Å²) in [7, 11) is 0. The van der Waals surface area contributed by atoms with Crippen LogP contribution in [0.25, 0.3) is 10.9 Å². The molecule has 1 saturated heterocycles. The second-order valence-corrected chi connectivity index (χ2v) is 7.65. The van der Waals surface area contributed by atoms with E-state index >= 15 is 4.39 Å². The van der Waals surface area contributed by atoms with Gasteiger partial charge in [0, 0.05) is 30.7 Å². The Balaban J connectivity index is 2.01. The van der Waals surface area contributed by atoms with Crippen LogP contribution in [0.1, 0.15) is 38.3 Å². The first-order valence-electron chi connectivity index (χ1n) is 9.09. The lowest BCUT2D eigenvalue weighted by atomic mass is 9.95. The van der Waals surface area contributed by atoms with E-state index in [9.17, 15) is 9.59 Å². The Kier molecular flexibility index (Phi) is 3.83. The summed E-state index contributed by atoms with van der Waals surface area (Å²) in [6.45, 7) is 5.29. The molecule has 8 heteroatoms. The summed E-state index contributed by atoms with van der Waals surface area (Å²) in [6.07, 6.45) is 2.22. The normalized spacial score (nSPS) is 23.6. The number of nitrogens with zero attached hydrogens (tertiary/aromatic N) is 3. The topological polar surface area (TPSA) is 99.3 Å². The first-order chi connectivity index (χ1) is 12.3. The van der Waals surface area contributed by atoms with E-state index in [0.717, 1.165) is 18.5 Å². The molecule has 3 heterocycles. The van der Waals surface area contributed by atoms with Crippen LogP contribution in [0.4, 0.5) is 10.1 Å². The second-order valence-electron chi connectivity index (χ2n) is 7.65. The molecular weight excluding hydrogens is 337 g/mol. The van der Waals surface area contributed by atoms with Crippen molar-refractivity contribution in [3.8, 4) is 0 Å². The van der Waals surface area contributed by atoms with E-state index in [1.807, 2.05) is 18.7 Å². The fraction of sp³-hybridized carbons (Fsp3) is 0.556. The fourth-order valence-corrected chi connectivity index (χ4v) is 4.44. The van der Waals surface area contributed by atoms with Gasteiger partial charge in [-0.25, -0.2) is 9.18 Å². The van der Waals surface area contributed by atoms with Gasteiger partial charge in [0.05, 0.1) is 16.6 Å². The van der Waals surface area contributed by atoms with Crippen molar-refractivity contribution in [2.24, 2.45) is 11.7 Å². The Morgan fingerprint density at radius 2 is 2.04 bits per heavy atom. The summed E-state index contributed by atoms with van der Waals surface area (Å²) in [6, 6.07) is 1.18. The molecule has 0 aliphatic carbocycles. The molecule has 2 aromatic rings. The van der Waals surface area contributed by atoms with Crippen LogP contribution < -0.4 is 27.7 Å². The molecule has 0 amide bonds. The Hall–Kier alpha value is -2.35. The Morgan fingerprint density at radius 1 is 1.31 bits per heavy atom. The Labute approximate surface area is 150 Å². The molecule has 7 nitrogen and oxygen atoms in total. The van der Waals surface area contributed by atoms with E-state index in [1.54, 1.807) is 0 Å². The van der Waals surface area contributed by atoms with Crippen molar-refractivity contribution in [3.63, 3.8) is 0 Å². The molecule has 0 radical (unpaired) electrons. The smallest absolute Gasteiger partial charge is 0.350 e. The molecule has 0 saturated carbocycles. The van der Waals surface area contributed by atoms with Crippen molar-refractivity contribution in [2.75, 3.05) is 23.8 Å². The molecule has 26 heavy (non-hydrogen) atoms. The van der Waals surface area contributed by atoms with Crippen LogP contribution >= 0.6 is 0 Å². The first kappa shape index (κ1) is 17.1. The van der Waals surface area contributed by atoms with Crippen molar-refractivity contribution in [2.45, 2.75) is 45.2 Å². The standard InChI is InChI=1S/C18H24FN5O2/c1-9-3-4-12-15-13(17(25)24(21)18(26)23(9)15)7-14(19)16(12)22-6-5-11(8-22)10(2)20/h7,9-11H,3-6,8,20-21H2,1-2H3/t9?,10-,11+/m1/s1. The fourth-order valence-electron chi connectivity index (χ4n) is 4.44. The number of aromatic nitrogens is 2. The lowest BCUT2D eigenvalue weighted by Gasteiger charge is -2.30. The predicted molar refractivity (Wildman–Crippen MR) is 99.6 cm³/mol. The first-order valence-corrected chi connectivity index (χ1v) is 9.09. The van der Waals surface area contributed by atoms with Gasteiger partial charge in [0.2, 0.25) is 0 Å². The highest BCUT2D eigenvalue weighted by Gasteiger charge is 2.32. The molecule has 0 spiro atoms. The summed E-state index contributed by atoms with van der Waals surface area (Å²) >= 11 is 0. The predicted octanol–water partition coefficient (Wildman–Crippen LogP) is 0.697. The van der Waals surface area contributed by atoms with E-state index in [1.165, 1.54) is 10.6 Å². The molecule has 4 rings (SSSR count). The average molecular weight is 361 g/mol. The second kappa shape index (κ2) is 5.84. The molecule has 2 aliphatic rings. The third kappa shape index (κ3) is 2.28. The Morgan fingerprint density at radius 3 is 2.69 bits per heavy atom. The third-order valence-corrected chi connectivity index (χ3v) is 5.96. The van der Waals surface area contributed by atoms with E-state index in [0.29, 0.717) is 41.2 Å². The van der Waals surface area contributed by atoms with Crippen LogP contribution in [0.15, 0.2) is 15.7 Å². The average Bonchev–Trinajstić information content (AvgIpc) is 3.08. The van der Waals surface area contributed by atoms with Gasteiger partial charge in [0.1, 0.15) is 5.82 Å². The van der Waals surface area contributed by atoms with Gasteiger partial charge < -0.3 is 16.5 Å². The number of nitrogen functional groups attached to an aromatic ring is 1. The van der Waals surface area contributed by atoms with Crippen LogP contribution in [-0.4, -0.2) is 28.4 Å². The van der Waals surface area contributed by atoms with Crippen LogP contribution in [0.2, 0.25) is 0 Å². The number of rotatable bonds is 2. The van der Waals surface area contributed by atoms with Crippen LogP contribution in [0.5, 0.6) is 0 Å². The van der Waals surface area contributed by atoms with E-state index in [-0.39, 0.29) is 17.5 Å². The van der Waals surface area contributed by atoms with Gasteiger partial charge in [-0.1, -0.05) is 0 Å². The molecule has 4 N–H and O–H groups in total. The Bertz CT molecular complexity index is 1010. The van der Waals surface area contributed by atoms with Gasteiger partial charge in [-0.2, -0.15) is 4.68 Å². The van der Waals surface area contributed by atoms with E-state index < -0.39 is 17.1 Å². The lowest BCUT2D eigenvalue weighted by Crippen LogP contribution is -2.46. The molecular formula is C18H24FN5O2. The quantitative estimate of drug-likeness (QED) is 0.767. The van der Waals surface area contributed by atoms with Crippen molar-refractivity contribution in [1.29, 1.82) is 0 Å². The summed E-state index contributed by atoms with van der Waals surface area (Å²) in [5, 5.41) is 0.165. The van der Waals surface area contributed by atoms with Crippen molar-refractivity contribution < 1.29 is 4.39 Å². The highest BCUT2D eigenvalue weighted by atomic mass is 19.1. The molecule has 1 aromatic heterocycles. The number of benzene rings is 1. The van der Waals surface area contributed by atoms with Gasteiger partial charge in [0.25, 0.3) is 5.56 Å². The maximum atomic E-state index is 15.1. The zero-order chi connectivity index (χ0) is 18.7. The summed E-state index contributed by atoms with van der Waals surface area (Å²) in [5.74, 6) is 5.52. The van der Waals surface area contributed by atoms with Crippen molar-refractivity contribution >= 4 is 16.6 Å². The number of anilines is 1. The van der Waals surface area contributed by atoms with Crippen molar-refractivity contribution in [1.82, 2.24) is 9.24 Å². The number of halogens is 1. The zero-order valence-electron chi connectivity index (χ0n) is 15.0. The largest absolute Gasteiger partial charge is 0.369 e. The van der Waals surface area contributed by atoms with E-state index in [2.05, 4.69) is 0 Å². The zero-order valence-corrected chi connectivity index (χ0v) is 15.0. The van der Waals surface area contributed by atoms with Crippen LogP contribution in [-0.2, 0) is 6.42 Å². The minimum Gasteiger partial charge on any atom is -0.369 e. The molecule has 0 bridgehead atoms. The molecule has 2 aliphatic heterocycles. The van der Waals surface area contributed by atoms with Crippen LogP contribution in [0.3, 0.4) is 0 Å². The van der Waals surface area contributed by atoms with E-state index in [4.69, 9.17) is 11.6 Å². The molecule has 1 fully saturated rings. The van der Waals surface area contributed by atoms with Crippen LogP contribution in [0, 0.1) is 11.7 Å². The molecule has 3 atom stereocenters.